The molecule has 0 unspecified atom stereocenters. The van der Waals surface area contributed by atoms with E-state index in [4.69, 9.17) is 14.2 Å². The third-order valence-electron chi connectivity index (χ3n) is 6.66. The van der Waals surface area contributed by atoms with E-state index < -0.39 is 0 Å². The van der Waals surface area contributed by atoms with Gasteiger partial charge in [-0.3, -0.25) is 19.6 Å². The number of nitrogens with zero attached hydrogens (tertiary/aromatic N) is 3. The summed E-state index contributed by atoms with van der Waals surface area (Å²) in [6.45, 7) is 3.14. The second kappa shape index (κ2) is 11.9. The Labute approximate surface area is 241 Å². The Bertz CT molecular complexity index is 1780. The van der Waals surface area contributed by atoms with Gasteiger partial charge in [-0.2, -0.15) is 0 Å². The monoisotopic (exact) mass is 561 g/mol. The molecule has 0 saturated carbocycles. The van der Waals surface area contributed by atoms with E-state index in [9.17, 15) is 9.59 Å². The lowest BCUT2D eigenvalue weighted by atomic mass is 10.1. The van der Waals surface area contributed by atoms with Crippen molar-refractivity contribution in [3.05, 3.63) is 108 Å². The van der Waals surface area contributed by atoms with Gasteiger partial charge < -0.3 is 24.8 Å². The highest BCUT2D eigenvalue weighted by Gasteiger charge is 2.16. The number of rotatable bonds is 8. The van der Waals surface area contributed by atoms with Crippen LogP contribution in [0.4, 0.5) is 11.4 Å². The molecule has 0 bridgehead atoms. The fourth-order valence-corrected chi connectivity index (χ4v) is 4.45. The molecule has 5 aromatic rings. The summed E-state index contributed by atoms with van der Waals surface area (Å²) < 4.78 is 16.9. The molecule has 10 nitrogen and oxygen atoms in total. The normalized spacial score (nSPS) is 12.0. The van der Waals surface area contributed by atoms with Gasteiger partial charge in [0.2, 0.25) is 5.88 Å². The van der Waals surface area contributed by atoms with Crippen molar-refractivity contribution in [2.75, 3.05) is 30.5 Å². The number of carbonyl (C=O) groups is 2. The van der Waals surface area contributed by atoms with Crippen LogP contribution in [0.1, 0.15) is 32.1 Å². The molecule has 10 heteroatoms. The summed E-state index contributed by atoms with van der Waals surface area (Å²) in [5, 5.41) is 6.53. The van der Waals surface area contributed by atoms with Crippen molar-refractivity contribution in [2.45, 2.75) is 13.3 Å². The van der Waals surface area contributed by atoms with Crippen LogP contribution in [0.3, 0.4) is 0 Å². The lowest BCUT2D eigenvalue weighted by Crippen LogP contribution is -2.17. The van der Waals surface area contributed by atoms with Crippen molar-refractivity contribution in [2.24, 2.45) is 0 Å². The van der Waals surface area contributed by atoms with E-state index >= 15 is 0 Å². The van der Waals surface area contributed by atoms with Crippen molar-refractivity contribution in [1.82, 2.24) is 15.0 Å². The molecule has 210 valence electrons. The number of benzene rings is 2. The molecule has 2 amide bonds. The molecule has 0 radical (unpaired) electrons. The third-order valence-corrected chi connectivity index (χ3v) is 6.66. The minimum absolute atomic E-state index is 0.312. The van der Waals surface area contributed by atoms with Crippen molar-refractivity contribution in [3.8, 4) is 17.4 Å². The van der Waals surface area contributed by atoms with Crippen LogP contribution in [-0.4, -0.2) is 46.6 Å². The number of aromatic nitrogens is 3. The molecule has 1 aliphatic rings. The maximum Gasteiger partial charge on any atom is 0.255 e. The second-order valence-electron chi connectivity index (χ2n) is 9.60. The number of hydrogen-bond donors (Lipinski definition) is 2. The molecule has 0 spiro atoms. The zero-order chi connectivity index (χ0) is 28.9. The summed E-state index contributed by atoms with van der Waals surface area (Å²) in [5.41, 5.74) is 4.06. The predicted octanol–water partition coefficient (Wildman–Crippen LogP) is 5.23. The molecule has 0 aliphatic carbocycles. The summed E-state index contributed by atoms with van der Waals surface area (Å²) in [7, 11) is 0. The van der Waals surface area contributed by atoms with Crippen molar-refractivity contribution < 1.29 is 23.8 Å². The fourth-order valence-electron chi connectivity index (χ4n) is 4.45. The number of amides is 2. The summed E-state index contributed by atoms with van der Waals surface area (Å²) >= 11 is 0. The molecule has 2 N–H and O–H groups in total. The molecule has 3 aromatic heterocycles. The van der Waals surface area contributed by atoms with E-state index in [-0.39, 0.29) is 11.8 Å². The Morgan fingerprint density at radius 3 is 2.52 bits per heavy atom. The number of fused-ring (bicyclic) bond motifs is 2. The fraction of sp³-hybridized carbons (Fsp3) is 0.156. The first kappa shape index (κ1) is 26.7. The Hall–Kier alpha value is -5.51. The van der Waals surface area contributed by atoms with Crippen LogP contribution < -0.4 is 24.8 Å². The van der Waals surface area contributed by atoms with Crippen LogP contribution in [-0.2, 0) is 6.42 Å². The number of anilines is 2. The lowest BCUT2D eigenvalue weighted by molar-refractivity contribution is 0.101. The third kappa shape index (κ3) is 6.12. The van der Waals surface area contributed by atoms with Crippen molar-refractivity contribution in [1.29, 1.82) is 0 Å². The predicted molar refractivity (Wildman–Crippen MR) is 157 cm³/mol. The first-order chi connectivity index (χ1) is 20.5. The van der Waals surface area contributed by atoms with Crippen LogP contribution >= 0.6 is 0 Å². The molecular weight excluding hydrogens is 534 g/mol. The maximum atomic E-state index is 13.1. The molecule has 2 aromatic carbocycles. The number of aryl methyl sites for hydroxylation is 1. The summed E-state index contributed by atoms with van der Waals surface area (Å²) in [5.74, 6) is 0.991. The number of carbonyl (C=O) groups excluding carboxylic acids is 2. The Kier molecular flexibility index (Phi) is 7.58. The summed E-state index contributed by atoms with van der Waals surface area (Å²) in [6, 6.07) is 21.4. The van der Waals surface area contributed by atoms with Gasteiger partial charge in [-0.05, 0) is 67.6 Å². The maximum absolute atomic E-state index is 13.1. The lowest BCUT2D eigenvalue weighted by Gasteiger charge is -2.18. The highest BCUT2D eigenvalue weighted by molar-refractivity contribution is 6.08. The Balaban J connectivity index is 1.10. The average Bonchev–Trinajstić information content (AvgIpc) is 3.02. The van der Waals surface area contributed by atoms with Gasteiger partial charge in [-0.25, -0.2) is 4.98 Å². The zero-order valence-electron chi connectivity index (χ0n) is 22.8. The first-order valence-corrected chi connectivity index (χ1v) is 13.4. The molecule has 1 aliphatic heterocycles. The number of ether oxygens (including phenoxy) is 3. The van der Waals surface area contributed by atoms with Gasteiger partial charge in [0.1, 0.15) is 13.2 Å². The second-order valence-corrected chi connectivity index (χ2v) is 9.60. The van der Waals surface area contributed by atoms with Gasteiger partial charge in [0.25, 0.3) is 11.8 Å². The van der Waals surface area contributed by atoms with E-state index in [1.165, 1.54) is 0 Å². The number of nitrogens with one attached hydrogen (secondary N) is 2. The van der Waals surface area contributed by atoms with E-state index in [0.29, 0.717) is 77.3 Å². The van der Waals surface area contributed by atoms with Crippen LogP contribution in [0, 0.1) is 6.92 Å². The van der Waals surface area contributed by atoms with Crippen molar-refractivity contribution in [3.63, 3.8) is 0 Å². The van der Waals surface area contributed by atoms with E-state index in [2.05, 4.69) is 25.6 Å². The van der Waals surface area contributed by atoms with Crippen molar-refractivity contribution >= 4 is 34.1 Å². The molecule has 4 heterocycles. The molecule has 0 atom stereocenters. The summed E-state index contributed by atoms with van der Waals surface area (Å²) in [4.78, 5) is 39.2. The van der Waals surface area contributed by atoms with Gasteiger partial charge in [0.15, 0.2) is 11.5 Å². The minimum atomic E-state index is -0.336. The molecule has 42 heavy (non-hydrogen) atoms. The van der Waals surface area contributed by atoms with Crippen LogP contribution in [0.2, 0.25) is 0 Å². The highest BCUT2D eigenvalue weighted by Crippen LogP contribution is 2.31. The van der Waals surface area contributed by atoms with E-state index in [1.807, 2.05) is 24.3 Å². The van der Waals surface area contributed by atoms with E-state index in [0.717, 1.165) is 11.1 Å². The SMILES string of the molecule is Cc1ncc(NC(=O)c2ccc3c(c2)OCCO3)cc1NC(=O)c1ccc2nc(OCCc3ccccn3)ccc2c1. The standard InChI is InChI=1S/C32H27N5O5/c1-20-27(18-25(19-34-20)35-31(38)23-6-9-28-29(17-23)41-15-14-40-28)37-32(39)22-5-8-26-21(16-22)7-10-30(36-26)42-13-11-24-4-2-3-12-33-24/h2-10,12,16-19H,11,13-15H2,1H3,(H,35,38)(H,37,39). The topological polar surface area (TPSA) is 125 Å². The number of pyridine rings is 3. The average molecular weight is 562 g/mol. The highest BCUT2D eigenvalue weighted by atomic mass is 16.6. The minimum Gasteiger partial charge on any atom is -0.486 e. The van der Waals surface area contributed by atoms with E-state index in [1.54, 1.807) is 67.8 Å². The zero-order valence-corrected chi connectivity index (χ0v) is 22.8. The quantitative estimate of drug-likeness (QED) is 0.264. The molecular formula is C32H27N5O5. The Morgan fingerprint density at radius 1 is 0.857 bits per heavy atom. The summed E-state index contributed by atoms with van der Waals surface area (Å²) in [6.07, 6.45) is 3.98. The van der Waals surface area contributed by atoms with Gasteiger partial charge in [-0.1, -0.05) is 6.07 Å². The first-order valence-electron chi connectivity index (χ1n) is 13.4. The van der Waals surface area contributed by atoms with Gasteiger partial charge in [0, 0.05) is 40.9 Å². The molecule has 0 saturated heterocycles. The van der Waals surface area contributed by atoms with Crippen LogP contribution in [0.15, 0.2) is 85.2 Å². The largest absolute Gasteiger partial charge is 0.486 e. The van der Waals surface area contributed by atoms with Gasteiger partial charge in [0.05, 0.1) is 35.4 Å². The van der Waals surface area contributed by atoms with Gasteiger partial charge >= 0.3 is 0 Å². The molecule has 6 rings (SSSR count). The van der Waals surface area contributed by atoms with Crippen LogP contribution in [0.5, 0.6) is 17.4 Å². The Morgan fingerprint density at radius 2 is 1.67 bits per heavy atom. The molecule has 0 fully saturated rings. The van der Waals surface area contributed by atoms with Crippen LogP contribution in [0.25, 0.3) is 10.9 Å². The van der Waals surface area contributed by atoms with Gasteiger partial charge in [-0.15, -0.1) is 0 Å². The number of hydrogen-bond acceptors (Lipinski definition) is 8. The smallest absolute Gasteiger partial charge is 0.255 e.